The van der Waals surface area contributed by atoms with Gasteiger partial charge < -0.3 is 15.8 Å². The zero-order valence-corrected chi connectivity index (χ0v) is 5.72. The lowest BCUT2D eigenvalue weighted by Gasteiger charge is -2.00. The molecule has 0 atom stereocenters. The van der Waals surface area contributed by atoms with Crippen molar-refractivity contribution in [2.24, 2.45) is 5.73 Å². The number of primary amides is 1. The molecule has 0 spiro atoms. The van der Waals surface area contributed by atoms with E-state index in [-0.39, 0.29) is 9.40 Å². The van der Waals surface area contributed by atoms with Crippen LogP contribution in [0.15, 0.2) is 0 Å². The van der Waals surface area contributed by atoms with E-state index in [2.05, 4.69) is 15.8 Å². The highest BCUT2D eigenvalue weighted by molar-refractivity contribution is 5.79. The van der Waals surface area contributed by atoms with E-state index < -0.39 is 12.0 Å². The number of urea groups is 1. The van der Waals surface area contributed by atoms with Crippen LogP contribution in [0, 0.1) is 0 Å². The Hall–Kier alpha value is -1.26. The van der Waals surface area contributed by atoms with Gasteiger partial charge in [-0.2, -0.15) is 0 Å². The van der Waals surface area contributed by atoms with Gasteiger partial charge in [0, 0.05) is 2.85 Å². The minimum absolute atomic E-state index is 0. The molecule has 0 unspecified atom stereocenters. The summed E-state index contributed by atoms with van der Waals surface area (Å²) in [5, 5.41) is 2.09. The second kappa shape index (κ2) is 4.60. The minimum Gasteiger partial charge on any atom is -0.465 e. The maximum absolute atomic E-state index is 10.5. The molecule has 0 aromatic heterocycles. The lowest BCUT2D eigenvalue weighted by atomic mass is 10.6. The molecule has 62 valence electrons. The first kappa shape index (κ1) is 8.74. The molecule has 0 aliphatic rings. The van der Waals surface area contributed by atoms with Crippen LogP contribution in [0.3, 0.4) is 0 Å². The summed E-state index contributed by atoms with van der Waals surface area (Å²) in [4.78, 5) is 20.5. The summed E-state index contributed by atoms with van der Waals surface area (Å²) >= 11 is 0. The molecule has 3 N–H and O–H groups in total. The van der Waals surface area contributed by atoms with Gasteiger partial charge in [-0.15, -0.1) is 0 Å². The Balaban J connectivity index is -0.000000405. The van der Waals surface area contributed by atoms with Crippen molar-refractivity contribution in [3.63, 3.8) is 0 Å². The number of ether oxygens (including phenoxy) is 1. The third kappa shape index (κ3) is 4.89. The van der Waals surface area contributed by atoms with Gasteiger partial charge in [0.25, 0.3) is 0 Å². The summed E-state index contributed by atoms with van der Waals surface area (Å²) < 4.78 is 4.48. The zero-order valence-electron chi connectivity index (χ0n) is 5.72. The van der Waals surface area contributed by atoms with Crippen LogP contribution in [0.4, 0.5) is 4.79 Å². The quantitative estimate of drug-likeness (QED) is 0.542. The van der Waals surface area contributed by atoms with E-state index in [9.17, 15) is 9.59 Å². The largest absolute Gasteiger partial charge is 0.465 e. The van der Waals surface area contributed by atoms with Gasteiger partial charge in [-0.1, -0.05) is 0 Å². The van der Waals surface area contributed by atoms with Crippen molar-refractivity contribution in [3.8, 4) is 0 Å². The first-order valence-electron chi connectivity index (χ1n) is 2.85. The molecule has 0 fully saturated rings. The Morgan fingerprint density at radius 1 is 1.70 bits per heavy atom. The van der Waals surface area contributed by atoms with E-state index in [0.717, 1.165) is 0 Å². The van der Waals surface area contributed by atoms with Crippen LogP contribution >= 0.6 is 0 Å². The Bertz CT molecular complexity index is 143. The van der Waals surface area contributed by atoms with E-state index in [0.29, 0.717) is 6.61 Å². The number of carbonyl (C=O) groups is 2. The highest BCUT2D eigenvalue weighted by atomic mass is 16.5. The van der Waals surface area contributed by atoms with Crippen LogP contribution in [0.25, 0.3) is 0 Å². The number of nitrogens with one attached hydrogen (secondary N) is 1. The highest BCUT2D eigenvalue weighted by Gasteiger charge is 2.00. The number of nitrogens with two attached hydrogens (primary N) is 1. The summed E-state index contributed by atoms with van der Waals surface area (Å²) in [5.41, 5.74) is 4.68. The van der Waals surface area contributed by atoms with Crippen molar-refractivity contribution in [2.75, 3.05) is 13.2 Å². The molecule has 0 saturated carbocycles. The standard InChI is InChI=1S/C5H10N2O3.2H2/c1-2-10-4(8)3-7-5(6)9;;/h2-3H2,1H3,(H3,6,7,9);2*1H. The normalized spacial score (nSPS) is 8.50. The van der Waals surface area contributed by atoms with Gasteiger partial charge in [0.1, 0.15) is 6.54 Å². The van der Waals surface area contributed by atoms with Gasteiger partial charge >= 0.3 is 12.0 Å². The molecule has 10 heavy (non-hydrogen) atoms. The molecule has 0 bridgehead atoms. The zero-order chi connectivity index (χ0) is 7.98. The van der Waals surface area contributed by atoms with Crippen LogP contribution in [-0.4, -0.2) is 25.2 Å². The van der Waals surface area contributed by atoms with Gasteiger partial charge in [-0.25, -0.2) is 4.79 Å². The Labute approximate surface area is 61.5 Å². The van der Waals surface area contributed by atoms with E-state index in [1.165, 1.54) is 0 Å². The molecular formula is C5H14N2O3. The fraction of sp³-hybridized carbons (Fsp3) is 0.600. The van der Waals surface area contributed by atoms with Crippen LogP contribution in [0.2, 0.25) is 0 Å². The summed E-state index contributed by atoms with van der Waals surface area (Å²) in [5.74, 6) is -0.485. The predicted octanol–water partition coefficient (Wildman–Crippen LogP) is -0.290. The molecule has 0 heterocycles. The molecule has 0 aliphatic carbocycles. The average molecular weight is 150 g/mol. The summed E-state index contributed by atoms with van der Waals surface area (Å²) in [7, 11) is 0. The molecule has 0 aliphatic heterocycles. The van der Waals surface area contributed by atoms with E-state index in [1.807, 2.05) is 0 Å². The molecule has 0 aromatic rings. The first-order chi connectivity index (χ1) is 4.66. The Morgan fingerprint density at radius 2 is 2.30 bits per heavy atom. The third-order valence-corrected chi connectivity index (χ3v) is 0.712. The van der Waals surface area contributed by atoms with Crippen LogP contribution in [0.1, 0.15) is 9.78 Å². The Morgan fingerprint density at radius 3 is 2.70 bits per heavy atom. The molecular weight excluding hydrogens is 136 g/mol. The third-order valence-electron chi connectivity index (χ3n) is 0.712. The number of carbonyl (C=O) groups excluding carboxylic acids is 2. The maximum Gasteiger partial charge on any atom is 0.325 e. The second-order valence-corrected chi connectivity index (χ2v) is 1.52. The van der Waals surface area contributed by atoms with Gasteiger partial charge in [0.05, 0.1) is 6.61 Å². The second-order valence-electron chi connectivity index (χ2n) is 1.52. The fourth-order valence-electron chi connectivity index (χ4n) is 0.371. The first-order valence-corrected chi connectivity index (χ1v) is 2.85. The van der Waals surface area contributed by atoms with Crippen LogP contribution < -0.4 is 11.1 Å². The summed E-state index contributed by atoms with van der Waals surface area (Å²) in [6.45, 7) is 1.82. The lowest BCUT2D eigenvalue weighted by Crippen LogP contribution is -2.34. The van der Waals surface area contributed by atoms with Gasteiger partial charge in [0.2, 0.25) is 0 Å². The van der Waals surface area contributed by atoms with E-state index in [1.54, 1.807) is 6.92 Å². The molecule has 0 radical (unpaired) electrons. The number of esters is 1. The van der Waals surface area contributed by atoms with Crippen molar-refractivity contribution >= 4 is 12.0 Å². The van der Waals surface area contributed by atoms with Crippen molar-refractivity contribution in [2.45, 2.75) is 6.92 Å². The number of hydrogen-bond acceptors (Lipinski definition) is 3. The van der Waals surface area contributed by atoms with Crippen molar-refractivity contribution in [1.29, 1.82) is 0 Å². The average Bonchev–Trinajstić information content (AvgIpc) is 1.85. The van der Waals surface area contributed by atoms with Gasteiger partial charge in [0.15, 0.2) is 0 Å². The summed E-state index contributed by atoms with van der Waals surface area (Å²) in [6.07, 6.45) is 0. The molecule has 2 amide bonds. The smallest absolute Gasteiger partial charge is 0.325 e. The number of amides is 2. The monoisotopic (exact) mass is 150 g/mol. The van der Waals surface area contributed by atoms with Crippen LogP contribution in [-0.2, 0) is 9.53 Å². The Kier molecular flexibility index (Phi) is 4.02. The maximum atomic E-state index is 10.5. The molecule has 0 rings (SSSR count). The predicted molar refractivity (Wildman–Crippen MR) is 38.4 cm³/mol. The molecule has 0 aromatic carbocycles. The fourth-order valence-corrected chi connectivity index (χ4v) is 0.371. The SMILES string of the molecule is CCOC(=O)CNC(N)=O.[HH].[HH]. The van der Waals surface area contributed by atoms with Gasteiger partial charge in [-0.05, 0) is 6.92 Å². The molecule has 5 heteroatoms. The molecule has 5 nitrogen and oxygen atoms in total. The summed E-state index contributed by atoms with van der Waals surface area (Å²) in [6, 6.07) is -0.729. The lowest BCUT2D eigenvalue weighted by molar-refractivity contribution is -0.141. The van der Waals surface area contributed by atoms with E-state index >= 15 is 0 Å². The number of rotatable bonds is 3. The molecule has 0 saturated heterocycles. The minimum atomic E-state index is -0.729. The van der Waals surface area contributed by atoms with Crippen molar-refractivity contribution < 1.29 is 17.2 Å². The van der Waals surface area contributed by atoms with Crippen LogP contribution in [0.5, 0.6) is 0 Å². The van der Waals surface area contributed by atoms with Gasteiger partial charge in [-0.3, -0.25) is 4.79 Å². The topological polar surface area (TPSA) is 81.4 Å². The number of hydrogen-bond donors (Lipinski definition) is 2. The van der Waals surface area contributed by atoms with E-state index in [4.69, 9.17) is 0 Å². The van der Waals surface area contributed by atoms with Crippen molar-refractivity contribution in [3.05, 3.63) is 0 Å². The highest BCUT2D eigenvalue weighted by Crippen LogP contribution is 1.73. The van der Waals surface area contributed by atoms with Crippen molar-refractivity contribution in [1.82, 2.24) is 5.32 Å².